The normalized spacial score (nSPS) is 21.1. The number of aromatic nitrogens is 1. The summed E-state index contributed by atoms with van der Waals surface area (Å²) in [6.45, 7) is 0.952. The second-order valence-electron chi connectivity index (χ2n) is 3.63. The van der Waals surface area contributed by atoms with Crippen molar-refractivity contribution in [2.75, 3.05) is 6.54 Å². The van der Waals surface area contributed by atoms with Gasteiger partial charge in [-0.2, -0.15) is 0 Å². The Kier molecular flexibility index (Phi) is 1.79. The molecule has 1 aliphatic rings. The van der Waals surface area contributed by atoms with Gasteiger partial charge in [0.05, 0.1) is 0 Å². The van der Waals surface area contributed by atoms with Gasteiger partial charge in [-0.25, -0.2) is 0 Å². The minimum Gasteiger partial charge on any atom is -0.358 e. The fourth-order valence-electron chi connectivity index (χ4n) is 2.13. The zero-order chi connectivity index (χ0) is 9.54. The summed E-state index contributed by atoms with van der Waals surface area (Å²) in [6.07, 6.45) is 1.03. The van der Waals surface area contributed by atoms with Crippen LogP contribution in [0.2, 0.25) is 0 Å². The molecule has 1 aliphatic heterocycles. The van der Waals surface area contributed by atoms with Crippen molar-refractivity contribution in [2.45, 2.75) is 11.9 Å². The first kappa shape index (κ1) is 8.33. The van der Waals surface area contributed by atoms with E-state index in [4.69, 9.17) is 11.6 Å². The number of para-hydroxylation sites is 1. The van der Waals surface area contributed by atoms with Crippen molar-refractivity contribution >= 4 is 22.5 Å². The van der Waals surface area contributed by atoms with Crippen LogP contribution >= 0.6 is 11.6 Å². The monoisotopic (exact) mass is 206 g/mol. The average Bonchev–Trinajstić information content (AvgIpc) is 2.57. The maximum absolute atomic E-state index is 6.24. The van der Waals surface area contributed by atoms with Crippen molar-refractivity contribution in [1.82, 2.24) is 10.3 Å². The van der Waals surface area contributed by atoms with Crippen molar-refractivity contribution in [3.8, 4) is 0 Å². The molecule has 14 heavy (non-hydrogen) atoms. The molecule has 0 saturated carbocycles. The maximum atomic E-state index is 6.24. The molecule has 0 bridgehead atoms. The van der Waals surface area contributed by atoms with Crippen molar-refractivity contribution in [3.05, 3.63) is 35.5 Å². The highest BCUT2D eigenvalue weighted by Gasteiger charge is 2.21. The molecule has 2 aromatic rings. The maximum Gasteiger partial charge on any atom is 0.110 e. The van der Waals surface area contributed by atoms with Crippen LogP contribution in [0, 0.1) is 0 Å². The molecule has 2 N–H and O–H groups in total. The van der Waals surface area contributed by atoms with Gasteiger partial charge in [-0.1, -0.05) is 18.2 Å². The summed E-state index contributed by atoms with van der Waals surface area (Å²) in [4.78, 5) is 3.42. The lowest BCUT2D eigenvalue weighted by Crippen LogP contribution is -2.25. The summed E-state index contributed by atoms with van der Waals surface area (Å²) in [6, 6.07) is 8.31. The van der Waals surface area contributed by atoms with Crippen LogP contribution in [0.15, 0.2) is 24.3 Å². The van der Waals surface area contributed by atoms with Crippen molar-refractivity contribution in [1.29, 1.82) is 0 Å². The molecule has 0 saturated heterocycles. The van der Waals surface area contributed by atoms with Gasteiger partial charge in [-0.05, 0) is 6.07 Å². The molecule has 1 atom stereocenters. The van der Waals surface area contributed by atoms with E-state index in [1.165, 1.54) is 22.2 Å². The minimum absolute atomic E-state index is 0.0464. The van der Waals surface area contributed by atoms with Gasteiger partial charge in [0.1, 0.15) is 5.50 Å². The fourth-order valence-corrected chi connectivity index (χ4v) is 2.49. The predicted octanol–water partition coefficient (Wildman–Crippen LogP) is 2.55. The quantitative estimate of drug-likeness (QED) is 0.503. The SMILES string of the molecule is ClC1NCCc2[nH]c3ccccc3c21. The van der Waals surface area contributed by atoms with Gasteiger partial charge in [0.25, 0.3) is 0 Å². The second kappa shape index (κ2) is 3.01. The van der Waals surface area contributed by atoms with Crippen LogP contribution in [0.5, 0.6) is 0 Å². The molecule has 0 amide bonds. The number of benzene rings is 1. The third-order valence-electron chi connectivity index (χ3n) is 2.78. The Hall–Kier alpha value is -0.990. The third kappa shape index (κ3) is 1.08. The molecule has 72 valence electrons. The van der Waals surface area contributed by atoms with Crippen LogP contribution in [0.4, 0.5) is 0 Å². The van der Waals surface area contributed by atoms with Crippen molar-refractivity contribution < 1.29 is 0 Å². The van der Waals surface area contributed by atoms with E-state index in [9.17, 15) is 0 Å². The summed E-state index contributed by atoms with van der Waals surface area (Å²) in [5.74, 6) is 0. The first-order valence-electron chi connectivity index (χ1n) is 4.83. The molecule has 3 heteroatoms. The zero-order valence-electron chi connectivity index (χ0n) is 7.68. The minimum atomic E-state index is -0.0464. The van der Waals surface area contributed by atoms with E-state index in [0.717, 1.165) is 13.0 Å². The van der Waals surface area contributed by atoms with E-state index in [0.29, 0.717) is 0 Å². The standard InChI is InChI=1S/C11H11ClN2/c12-11-10-7-3-1-2-4-8(7)14-9(10)5-6-13-11/h1-4,11,13-14H,5-6H2. The van der Waals surface area contributed by atoms with Gasteiger partial charge in [0, 0.05) is 35.1 Å². The van der Waals surface area contributed by atoms with Gasteiger partial charge < -0.3 is 4.98 Å². The molecular weight excluding hydrogens is 196 g/mol. The number of alkyl halides is 1. The first-order valence-corrected chi connectivity index (χ1v) is 5.27. The highest BCUT2D eigenvalue weighted by Crippen LogP contribution is 2.32. The third-order valence-corrected chi connectivity index (χ3v) is 3.15. The van der Waals surface area contributed by atoms with Gasteiger partial charge in [0.2, 0.25) is 0 Å². The Morgan fingerprint density at radius 3 is 3.07 bits per heavy atom. The van der Waals surface area contributed by atoms with E-state index < -0.39 is 0 Å². The van der Waals surface area contributed by atoms with E-state index in [-0.39, 0.29) is 5.50 Å². The number of rotatable bonds is 0. The first-order chi connectivity index (χ1) is 6.86. The molecule has 2 heterocycles. The molecule has 2 nitrogen and oxygen atoms in total. The molecule has 1 unspecified atom stereocenters. The summed E-state index contributed by atoms with van der Waals surface area (Å²) in [7, 11) is 0. The Morgan fingerprint density at radius 1 is 1.29 bits per heavy atom. The van der Waals surface area contributed by atoms with E-state index in [1.54, 1.807) is 0 Å². The van der Waals surface area contributed by atoms with Crippen LogP contribution < -0.4 is 5.32 Å². The van der Waals surface area contributed by atoms with Crippen LogP contribution in [-0.4, -0.2) is 11.5 Å². The van der Waals surface area contributed by atoms with Gasteiger partial charge >= 0.3 is 0 Å². The molecule has 0 radical (unpaired) electrons. The number of hydrogen-bond acceptors (Lipinski definition) is 1. The predicted molar refractivity (Wildman–Crippen MR) is 58.6 cm³/mol. The number of fused-ring (bicyclic) bond motifs is 3. The average molecular weight is 207 g/mol. The van der Waals surface area contributed by atoms with Crippen molar-refractivity contribution in [2.24, 2.45) is 0 Å². The Morgan fingerprint density at radius 2 is 2.14 bits per heavy atom. The van der Waals surface area contributed by atoms with E-state index in [2.05, 4.69) is 28.5 Å². The zero-order valence-corrected chi connectivity index (χ0v) is 8.43. The fraction of sp³-hybridized carbons (Fsp3) is 0.273. The lowest BCUT2D eigenvalue weighted by molar-refractivity contribution is 0.621. The highest BCUT2D eigenvalue weighted by molar-refractivity contribution is 6.21. The van der Waals surface area contributed by atoms with Crippen LogP contribution in [0.1, 0.15) is 16.8 Å². The van der Waals surface area contributed by atoms with Gasteiger partial charge in [0.15, 0.2) is 0 Å². The summed E-state index contributed by atoms with van der Waals surface area (Å²) in [5.41, 5.74) is 3.65. The second-order valence-corrected chi connectivity index (χ2v) is 4.07. The summed E-state index contributed by atoms with van der Waals surface area (Å²) < 4.78 is 0. The number of H-pyrrole nitrogens is 1. The number of halogens is 1. The number of aromatic amines is 1. The lowest BCUT2D eigenvalue weighted by atomic mass is 10.1. The molecule has 0 aliphatic carbocycles. The lowest BCUT2D eigenvalue weighted by Gasteiger charge is -2.18. The van der Waals surface area contributed by atoms with Crippen LogP contribution in [0.25, 0.3) is 10.9 Å². The summed E-state index contributed by atoms with van der Waals surface area (Å²) in [5, 5.41) is 4.51. The van der Waals surface area contributed by atoms with Crippen LogP contribution in [-0.2, 0) is 6.42 Å². The number of hydrogen-bond donors (Lipinski definition) is 2. The molecule has 0 spiro atoms. The number of nitrogens with one attached hydrogen (secondary N) is 2. The highest BCUT2D eigenvalue weighted by atomic mass is 35.5. The Labute approximate surface area is 87.3 Å². The van der Waals surface area contributed by atoms with Crippen molar-refractivity contribution in [3.63, 3.8) is 0 Å². The topological polar surface area (TPSA) is 27.8 Å². The largest absolute Gasteiger partial charge is 0.358 e. The Bertz CT molecular complexity index is 475. The van der Waals surface area contributed by atoms with E-state index >= 15 is 0 Å². The summed E-state index contributed by atoms with van der Waals surface area (Å²) >= 11 is 6.24. The molecule has 1 aromatic carbocycles. The van der Waals surface area contributed by atoms with E-state index in [1.807, 2.05) is 6.07 Å². The van der Waals surface area contributed by atoms with Crippen LogP contribution in [0.3, 0.4) is 0 Å². The molecule has 0 fully saturated rings. The molecule has 3 rings (SSSR count). The smallest absolute Gasteiger partial charge is 0.110 e. The van der Waals surface area contributed by atoms with Gasteiger partial charge in [-0.3, -0.25) is 5.32 Å². The molecule has 1 aromatic heterocycles. The Balaban J connectivity index is 2.34. The molecular formula is C11H11ClN2. The van der Waals surface area contributed by atoms with Gasteiger partial charge in [-0.15, -0.1) is 11.6 Å².